The summed E-state index contributed by atoms with van der Waals surface area (Å²) in [5.74, 6) is -0.675. The molecule has 11 heteroatoms. The second-order valence-electron chi connectivity index (χ2n) is 8.60. The average Bonchev–Trinajstić information content (AvgIpc) is 3.56. The molecule has 0 aliphatic carbocycles. The summed E-state index contributed by atoms with van der Waals surface area (Å²) < 4.78 is 44.3. The van der Waals surface area contributed by atoms with Crippen molar-refractivity contribution in [3.05, 3.63) is 52.6 Å². The zero-order valence-electron chi connectivity index (χ0n) is 19.4. The van der Waals surface area contributed by atoms with E-state index >= 15 is 0 Å². The summed E-state index contributed by atoms with van der Waals surface area (Å²) in [7, 11) is 0. The lowest BCUT2D eigenvalue weighted by molar-refractivity contribution is 0.0695. The molecule has 1 aliphatic rings. The molecule has 0 radical (unpaired) electrons. The molecule has 188 valence electrons. The molecule has 5 rings (SSSR count). The first kappa shape index (κ1) is 24.2. The van der Waals surface area contributed by atoms with Crippen molar-refractivity contribution in [3.63, 3.8) is 0 Å². The smallest absolute Gasteiger partial charge is 0.335 e. The van der Waals surface area contributed by atoms with Gasteiger partial charge in [-0.3, -0.25) is 0 Å². The van der Waals surface area contributed by atoms with Crippen LogP contribution in [0.15, 0.2) is 35.1 Å². The number of hydrogen-bond donors (Lipinski definition) is 1. The monoisotopic (exact) mass is 517 g/mol. The van der Waals surface area contributed by atoms with Gasteiger partial charge in [-0.05, 0) is 38.5 Å². The third-order valence-corrected chi connectivity index (χ3v) is 6.52. The van der Waals surface area contributed by atoms with Crippen LogP contribution in [0.25, 0.3) is 33.3 Å². The largest absolute Gasteiger partial charge is 0.487 e. The summed E-state index contributed by atoms with van der Waals surface area (Å²) in [4.78, 5) is 16.3. The van der Waals surface area contributed by atoms with Gasteiger partial charge in [-0.2, -0.15) is 0 Å². The van der Waals surface area contributed by atoms with Crippen molar-refractivity contribution in [1.82, 2.24) is 14.7 Å². The highest BCUT2D eigenvalue weighted by atomic mass is 35.5. The second kappa shape index (κ2) is 9.51. The number of carbonyl (C=O) groups is 1. The molecule has 0 saturated carbocycles. The van der Waals surface area contributed by atoms with E-state index in [2.05, 4.69) is 5.16 Å². The Hall–Kier alpha value is -3.50. The molecule has 0 amide bonds. The van der Waals surface area contributed by atoms with E-state index in [1.54, 1.807) is 13.1 Å². The average molecular weight is 518 g/mol. The first-order chi connectivity index (χ1) is 17.2. The SMILES string of the molecule is Cc1noc(C)c1-c1cnc2c(c1)c(-c1c(Cl)cc(C(=O)O)cc1OCC(F)F)cn2[C@H]1CCOC1. The van der Waals surface area contributed by atoms with E-state index in [9.17, 15) is 18.7 Å². The topological polar surface area (TPSA) is 99.6 Å². The molecule has 4 aromatic rings. The highest BCUT2D eigenvalue weighted by molar-refractivity contribution is 6.34. The van der Waals surface area contributed by atoms with E-state index in [1.165, 1.54) is 12.1 Å². The van der Waals surface area contributed by atoms with Gasteiger partial charge in [0.1, 0.15) is 23.8 Å². The number of alkyl halides is 2. The fourth-order valence-corrected chi connectivity index (χ4v) is 4.93. The molecule has 3 aromatic heterocycles. The molecule has 1 aromatic carbocycles. The maximum atomic E-state index is 13.0. The van der Waals surface area contributed by atoms with E-state index in [4.69, 9.17) is 30.6 Å². The summed E-state index contributed by atoms with van der Waals surface area (Å²) in [6, 6.07) is 4.41. The number of aromatic carboxylic acids is 1. The Kier molecular flexibility index (Phi) is 6.40. The van der Waals surface area contributed by atoms with Crippen LogP contribution in [0.4, 0.5) is 8.78 Å². The molecule has 1 aliphatic heterocycles. The van der Waals surface area contributed by atoms with Crippen LogP contribution >= 0.6 is 11.6 Å². The Morgan fingerprint density at radius 2 is 2.11 bits per heavy atom. The Balaban J connectivity index is 1.77. The number of carboxylic acid groups (broad SMARTS) is 1. The molecule has 0 bridgehead atoms. The predicted octanol–water partition coefficient (Wildman–Crippen LogP) is 5.93. The number of aryl methyl sites for hydroxylation is 2. The van der Waals surface area contributed by atoms with E-state index < -0.39 is 19.0 Å². The molecule has 1 N–H and O–H groups in total. The van der Waals surface area contributed by atoms with Crippen LogP contribution in [0, 0.1) is 13.8 Å². The highest BCUT2D eigenvalue weighted by Gasteiger charge is 2.26. The quantitative estimate of drug-likeness (QED) is 0.324. The Morgan fingerprint density at radius 3 is 2.75 bits per heavy atom. The van der Waals surface area contributed by atoms with Crippen molar-refractivity contribution in [2.24, 2.45) is 0 Å². The van der Waals surface area contributed by atoms with Crippen LogP contribution in [-0.4, -0.2) is 52.0 Å². The Morgan fingerprint density at radius 1 is 1.31 bits per heavy atom. The van der Waals surface area contributed by atoms with Crippen molar-refractivity contribution in [1.29, 1.82) is 0 Å². The molecule has 0 unspecified atom stereocenters. The van der Waals surface area contributed by atoms with E-state index in [0.29, 0.717) is 46.8 Å². The molecule has 1 fully saturated rings. The number of ether oxygens (including phenoxy) is 2. The van der Waals surface area contributed by atoms with E-state index in [-0.39, 0.29) is 22.4 Å². The van der Waals surface area contributed by atoms with Crippen LogP contribution in [0.1, 0.15) is 34.3 Å². The van der Waals surface area contributed by atoms with Gasteiger partial charge in [0.25, 0.3) is 6.43 Å². The zero-order valence-corrected chi connectivity index (χ0v) is 20.2. The predicted molar refractivity (Wildman–Crippen MR) is 128 cm³/mol. The molecule has 1 atom stereocenters. The van der Waals surface area contributed by atoms with Gasteiger partial charge in [0.2, 0.25) is 0 Å². The summed E-state index contributed by atoms with van der Waals surface area (Å²) in [6.45, 7) is 3.82. The third kappa shape index (κ3) is 4.31. The number of hydrogen-bond acceptors (Lipinski definition) is 6. The number of fused-ring (bicyclic) bond motifs is 1. The molecule has 0 spiro atoms. The highest BCUT2D eigenvalue weighted by Crippen LogP contribution is 2.44. The molecule has 1 saturated heterocycles. The maximum Gasteiger partial charge on any atom is 0.335 e. The number of halogens is 3. The van der Waals surface area contributed by atoms with Gasteiger partial charge in [-0.1, -0.05) is 16.8 Å². The number of benzene rings is 1. The summed E-state index contributed by atoms with van der Waals surface area (Å²) in [6.07, 6.45) is 1.59. The van der Waals surface area contributed by atoms with Crippen LogP contribution in [0.5, 0.6) is 5.75 Å². The van der Waals surface area contributed by atoms with Gasteiger partial charge in [-0.25, -0.2) is 18.6 Å². The summed E-state index contributed by atoms with van der Waals surface area (Å²) in [5.41, 5.74) is 3.61. The fourth-order valence-electron chi connectivity index (χ4n) is 4.62. The van der Waals surface area contributed by atoms with Gasteiger partial charge in [0, 0.05) is 46.6 Å². The minimum Gasteiger partial charge on any atom is -0.487 e. The van der Waals surface area contributed by atoms with Crippen LogP contribution < -0.4 is 4.74 Å². The number of rotatable bonds is 7. The number of pyridine rings is 1. The van der Waals surface area contributed by atoms with Gasteiger partial charge in [-0.15, -0.1) is 0 Å². The minimum absolute atomic E-state index is 0.0150. The minimum atomic E-state index is -2.75. The standard InChI is InChI=1S/C25H22ClF2N3O5/c1-12-22(13(2)36-30-12)15-5-17-18(9-31(24(17)29-8-15)16-3-4-34-10-16)23-19(26)6-14(25(32)33)7-20(23)35-11-21(27)28/h5-9,16,21H,3-4,10-11H2,1-2H3,(H,32,33)/t16-/m0/s1. The second-order valence-corrected chi connectivity index (χ2v) is 9.01. The lowest BCUT2D eigenvalue weighted by atomic mass is 9.99. The van der Waals surface area contributed by atoms with Crippen LogP contribution in [-0.2, 0) is 4.74 Å². The van der Waals surface area contributed by atoms with Gasteiger partial charge in [0.15, 0.2) is 0 Å². The number of aromatic nitrogens is 3. The number of nitrogens with zero attached hydrogens (tertiary/aromatic N) is 3. The molecule has 36 heavy (non-hydrogen) atoms. The van der Waals surface area contributed by atoms with E-state index in [1.807, 2.05) is 23.8 Å². The molecular weight excluding hydrogens is 496 g/mol. The van der Waals surface area contributed by atoms with Crippen molar-refractivity contribution in [2.45, 2.75) is 32.7 Å². The Bertz CT molecular complexity index is 1440. The first-order valence-electron chi connectivity index (χ1n) is 11.2. The van der Waals surface area contributed by atoms with Crippen molar-refractivity contribution < 1.29 is 32.7 Å². The third-order valence-electron chi connectivity index (χ3n) is 6.23. The first-order valence-corrected chi connectivity index (χ1v) is 11.6. The molecular formula is C25H22ClF2N3O5. The normalized spacial score (nSPS) is 15.8. The Labute approximate surface area is 209 Å². The van der Waals surface area contributed by atoms with Crippen molar-refractivity contribution >= 4 is 28.6 Å². The lowest BCUT2D eigenvalue weighted by Gasteiger charge is -2.14. The van der Waals surface area contributed by atoms with Gasteiger partial charge < -0.3 is 23.7 Å². The summed E-state index contributed by atoms with van der Waals surface area (Å²) >= 11 is 6.58. The lowest BCUT2D eigenvalue weighted by Crippen LogP contribution is -2.09. The van der Waals surface area contributed by atoms with Crippen LogP contribution in [0.2, 0.25) is 5.02 Å². The van der Waals surface area contributed by atoms with Crippen LogP contribution in [0.3, 0.4) is 0 Å². The molecule has 4 heterocycles. The molecule has 8 nitrogen and oxygen atoms in total. The van der Waals surface area contributed by atoms with Gasteiger partial charge in [0.05, 0.1) is 28.9 Å². The van der Waals surface area contributed by atoms with Crippen molar-refractivity contribution in [3.8, 4) is 28.0 Å². The fraction of sp³-hybridized carbons (Fsp3) is 0.320. The maximum absolute atomic E-state index is 13.0. The van der Waals surface area contributed by atoms with E-state index in [0.717, 1.165) is 17.5 Å². The summed E-state index contributed by atoms with van der Waals surface area (Å²) in [5, 5.41) is 14.3. The zero-order chi connectivity index (χ0) is 25.6. The number of carboxylic acids is 1. The van der Waals surface area contributed by atoms with Crippen molar-refractivity contribution in [2.75, 3.05) is 19.8 Å². The van der Waals surface area contributed by atoms with Gasteiger partial charge >= 0.3 is 5.97 Å².